The highest BCUT2D eigenvalue weighted by Gasteiger charge is 2.20. The molecule has 3 aromatic heterocycles. The van der Waals surface area contributed by atoms with E-state index in [1.165, 1.54) is 17.4 Å². The van der Waals surface area contributed by atoms with Crippen LogP contribution in [0.15, 0.2) is 45.6 Å². The second-order valence-electron chi connectivity index (χ2n) is 6.92. The Morgan fingerprint density at radius 3 is 2.52 bits per heavy atom. The van der Waals surface area contributed by atoms with Crippen molar-refractivity contribution in [1.29, 1.82) is 0 Å². The van der Waals surface area contributed by atoms with Gasteiger partial charge in [-0.1, -0.05) is 36.8 Å². The van der Waals surface area contributed by atoms with E-state index < -0.39 is 5.97 Å². The number of nitrogens with zero attached hydrogens (tertiary/aromatic N) is 2. The van der Waals surface area contributed by atoms with Gasteiger partial charge in [-0.15, -0.1) is 11.3 Å². The molecule has 0 aliphatic carbocycles. The van der Waals surface area contributed by atoms with E-state index in [1.807, 2.05) is 45.0 Å². The first kappa shape index (κ1) is 19.1. The van der Waals surface area contributed by atoms with Gasteiger partial charge in [0.2, 0.25) is 5.76 Å². The smallest absolute Gasteiger partial charge is 0.371 e. The molecule has 0 fully saturated rings. The molecule has 0 radical (unpaired) electrons. The summed E-state index contributed by atoms with van der Waals surface area (Å²) in [5, 5.41) is 9.67. The molecule has 0 unspecified atom stereocenters. The number of furan rings is 1. The lowest BCUT2D eigenvalue weighted by atomic mass is 10.0. The summed E-state index contributed by atoms with van der Waals surface area (Å²) < 4.78 is 6.94. The van der Waals surface area contributed by atoms with E-state index in [0.29, 0.717) is 23.4 Å². The molecule has 0 aliphatic rings. The Balaban J connectivity index is 1.91. The van der Waals surface area contributed by atoms with Crippen molar-refractivity contribution in [2.45, 2.75) is 33.7 Å². The molecule has 1 N–H and O–H groups in total. The molecule has 148 valence electrons. The third kappa shape index (κ3) is 3.38. The number of hydrogen-bond donors (Lipinski definition) is 1. The highest BCUT2D eigenvalue weighted by molar-refractivity contribution is 7.19. The molecular weight excluding hydrogens is 388 g/mol. The summed E-state index contributed by atoms with van der Waals surface area (Å²) in [7, 11) is 0. The average molecular weight is 408 g/mol. The predicted octanol–water partition coefficient (Wildman–Crippen LogP) is 4.64. The quantitative estimate of drug-likeness (QED) is 0.520. The van der Waals surface area contributed by atoms with Gasteiger partial charge in [-0.2, -0.15) is 0 Å². The van der Waals surface area contributed by atoms with E-state index >= 15 is 0 Å². The van der Waals surface area contributed by atoms with Crippen molar-refractivity contribution in [2.75, 3.05) is 0 Å². The minimum atomic E-state index is -1.14. The number of carboxylic acid groups (broad SMARTS) is 1. The number of aromatic carboxylic acids is 1. The molecule has 7 heteroatoms. The lowest BCUT2D eigenvalue weighted by molar-refractivity contribution is 0.0660. The van der Waals surface area contributed by atoms with Crippen molar-refractivity contribution in [3.8, 4) is 11.1 Å². The maximum atomic E-state index is 13.5. The van der Waals surface area contributed by atoms with Gasteiger partial charge >= 0.3 is 5.97 Å². The van der Waals surface area contributed by atoms with Crippen molar-refractivity contribution in [1.82, 2.24) is 9.55 Å². The highest BCUT2D eigenvalue weighted by Crippen LogP contribution is 2.36. The van der Waals surface area contributed by atoms with Crippen LogP contribution < -0.4 is 5.56 Å². The van der Waals surface area contributed by atoms with Gasteiger partial charge in [-0.25, -0.2) is 9.78 Å². The third-order valence-electron chi connectivity index (χ3n) is 4.91. The van der Waals surface area contributed by atoms with Crippen LogP contribution in [0.2, 0.25) is 0 Å². The summed E-state index contributed by atoms with van der Waals surface area (Å²) in [6, 6.07) is 11.1. The molecule has 4 rings (SSSR count). The van der Waals surface area contributed by atoms with E-state index in [-0.39, 0.29) is 17.9 Å². The van der Waals surface area contributed by atoms with Crippen molar-refractivity contribution >= 4 is 27.5 Å². The fourth-order valence-corrected chi connectivity index (χ4v) is 4.53. The fourth-order valence-electron chi connectivity index (χ4n) is 3.47. The van der Waals surface area contributed by atoms with Gasteiger partial charge in [0, 0.05) is 16.9 Å². The van der Waals surface area contributed by atoms with Gasteiger partial charge in [-0.05, 0) is 31.5 Å². The van der Waals surface area contributed by atoms with Crippen LogP contribution in [0.5, 0.6) is 0 Å². The van der Waals surface area contributed by atoms with Gasteiger partial charge in [0.25, 0.3) is 5.56 Å². The molecule has 0 saturated heterocycles. The second kappa shape index (κ2) is 7.33. The molecule has 6 nitrogen and oxygen atoms in total. The summed E-state index contributed by atoms with van der Waals surface area (Å²) in [4.78, 5) is 31.1. The molecule has 0 atom stereocenters. The molecular formula is C22H20N2O4S. The lowest BCUT2D eigenvalue weighted by Crippen LogP contribution is -2.25. The molecule has 0 bridgehead atoms. The normalized spacial score (nSPS) is 11.3. The van der Waals surface area contributed by atoms with Crippen LogP contribution in [-0.2, 0) is 13.0 Å². The number of fused-ring (bicyclic) bond motifs is 1. The fraction of sp³-hybridized carbons (Fsp3) is 0.227. The summed E-state index contributed by atoms with van der Waals surface area (Å²) in [6.07, 6.45) is 0.578. The average Bonchev–Trinajstić information content (AvgIpc) is 3.29. The Hall–Kier alpha value is -3.19. The standard InChI is InChI=1S/C22H20N2O4S/c1-4-17-23-20-19(18(13(3)29-20)14-7-5-12(2)6-8-14)21(25)24(17)11-15-9-10-16(28-15)22(26)27/h5-10H,4,11H2,1-3H3,(H,26,27). The monoisotopic (exact) mass is 408 g/mol. The summed E-state index contributed by atoms with van der Waals surface area (Å²) in [6.45, 7) is 6.11. The maximum absolute atomic E-state index is 13.5. The summed E-state index contributed by atoms with van der Waals surface area (Å²) >= 11 is 1.52. The maximum Gasteiger partial charge on any atom is 0.371 e. The Kier molecular flexibility index (Phi) is 4.84. The summed E-state index contributed by atoms with van der Waals surface area (Å²) in [5.74, 6) is -0.230. The molecule has 0 spiro atoms. The molecule has 0 aliphatic heterocycles. The number of aromatic nitrogens is 2. The van der Waals surface area contributed by atoms with Crippen molar-refractivity contribution < 1.29 is 14.3 Å². The van der Waals surface area contributed by atoms with Crippen LogP contribution in [0.25, 0.3) is 21.3 Å². The minimum absolute atomic E-state index is 0.139. The van der Waals surface area contributed by atoms with Crippen LogP contribution in [0.1, 0.15) is 39.5 Å². The van der Waals surface area contributed by atoms with Gasteiger partial charge in [-0.3, -0.25) is 9.36 Å². The number of carboxylic acids is 1. The summed E-state index contributed by atoms with van der Waals surface area (Å²) in [5.41, 5.74) is 2.91. The van der Waals surface area contributed by atoms with E-state index in [0.717, 1.165) is 26.4 Å². The number of carbonyl (C=O) groups is 1. The Bertz CT molecular complexity index is 1280. The van der Waals surface area contributed by atoms with Gasteiger partial charge < -0.3 is 9.52 Å². The topological polar surface area (TPSA) is 85.3 Å². The second-order valence-corrected chi connectivity index (χ2v) is 8.13. The van der Waals surface area contributed by atoms with Crippen LogP contribution in [-0.4, -0.2) is 20.6 Å². The van der Waals surface area contributed by atoms with Crippen LogP contribution in [0, 0.1) is 13.8 Å². The number of rotatable bonds is 5. The van der Waals surface area contributed by atoms with Crippen molar-refractivity contribution in [2.24, 2.45) is 0 Å². The van der Waals surface area contributed by atoms with E-state index in [4.69, 9.17) is 14.5 Å². The SMILES string of the molecule is CCc1nc2sc(C)c(-c3ccc(C)cc3)c2c(=O)n1Cc1ccc(C(=O)O)o1. The predicted molar refractivity (Wildman–Crippen MR) is 113 cm³/mol. The third-order valence-corrected chi connectivity index (χ3v) is 5.91. The molecule has 1 aromatic carbocycles. The zero-order valence-corrected chi connectivity index (χ0v) is 17.2. The minimum Gasteiger partial charge on any atom is -0.475 e. The first-order chi connectivity index (χ1) is 13.9. The number of benzene rings is 1. The first-order valence-electron chi connectivity index (χ1n) is 9.31. The Labute approximate surface area is 171 Å². The first-order valence-corrected chi connectivity index (χ1v) is 10.1. The van der Waals surface area contributed by atoms with Gasteiger partial charge in [0.05, 0.1) is 11.9 Å². The van der Waals surface area contributed by atoms with Crippen molar-refractivity contribution in [3.05, 3.63) is 74.5 Å². The Morgan fingerprint density at radius 1 is 1.17 bits per heavy atom. The molecule has 0 saturated carbocycles. The van der Waals surface area contributed by atoms with Gasteiger partial charge in [0.1, 0.15) is 16.4 Å². The lowest BCUT2D eigenvalue weighted by Gasteiger charge is -2.10. The van der Waals surface area contributed by atoms with Crippen molar-refractivity contribution in [3.63, 3.8) is 0 Å². The van der Waals surface area contributed by atoms with Crippen LogP contribution in [0.4, 0.5) is 0 Å². The van der Waals surface area contributed by atoms with E-state index in [2.05, 4.69) is 0 Å². The van der Waals surface area contributed by atoms with Gasteiger partial charge in [0.15, 0.2) is 0 Å². The molecule has 3 heterocycles. The number of hydrogen-bond acceptors (Lipinski definition) is 5. The Morgan fingerprint density at radius 2 is 1.90 bits per heavy atom. The largest absolute Gasteiger partial charge is 0.475 e. The van der Waals surface area contributed by atoms with Crippen LogP contribution >= 0.6 is 11.3 Å². The number of thiophene rings is 1. The molecule has 4 aromatic rings. The van der Waals surface area contributed by atoms with E-state index in [9.17, 15) is 9.59 Å². The molecule has 0 amide bonds. The van der Waals surface area contributed by atoms with Crippen LogP contribution in [0.3, 0.4) is 0 Å². The zero-order valence-electron chi connectivity index (χ0n) is 16.4. The molecule has 29 heavy (non-hydrogen) atoms. The highest BCUT2D eigenvalue weighted by atomic mass is 32.1. The number of aryl methyl sites for hydroxylation is 3. The van der Waals surface area contributed by atoms with E-state index in [1.54, 1.807) is 10.6 Å². The zero-order chi connectivity index (χ0) is 20.7.